The van der Waals surface area contributed by atoms with Gasteiger partial charge in [0.1, 0.15) is 10.5 Å². The summed E-state index contributed by atoms with van der Waals surface area (Å²) in [6, 6.07) is 14.6. The quantitative estimate of drug-likeness (QED) is 0.450. The number of H-pyrrole nitrogens is 2. The van der Waals surface area contributed by atoms with Crippen LogP contribution in [0, 0.1) is 0 Å². The Labute approximate surface area is 129 Å². The summed E-state index contributed by atoms with van der Waals surface area (Å²) in [7, 11) is 0. The lowest BCUT2D eigenvalue weighted by Gasteiger charge is -2.04. The van der Waals surface area contributed by atoms with Crippen molar-refractivity contribution in [2.24, 2.45) is 0 Å². The monoisotopic (exact) mass is 308 g/mol. The number of nitrogens with zero attached hydrogens (tertiary/aromatic N) is 2. The van der Waals surface area contributed by atoms with Gasteiger partial charge in [0.25, 0.3) is 0 Å². The van der Waals surface area contributed by atoms with E-state index in [-0.39, 0.29) is 5.69 Å². The van der Waals surface area contributed by atoms with Crippen LogP contribution in [0.4, 0.5) is 0 Å². The van der Waals surface area contributed by atoms with E-state index in [1.165, 1.54) is 28.1 Å². The fourth-order valence-electron chi connectivity index (χ4n) is 2.41. The SMILES string of the molecule is O=c1nc(SCc2ccc3ccccc3c2)c2[nH]cnc2[nH]1. The molecule has 108 valence electrons. The maximum Gasteiger partial charge on any atom is 0.347 e. The van der Waals surface area contributed by atoms with E-state index in [2.05, 4.69) is 50.3 Å². The Morgan fingerprint density at radius 3 is 2.86 bits per heavy atom. The Hall–Kier alpha value is -2.60. The molecule has 6 heteroatoms. The summed E-state index contributed by atoms with van der Waals surface area (Å²) in [6.07, 6.45) is 1.56. The topological polar surface area (TPSA) is 74.4 Å². The molecule has 0 saturated carbocycles. The van der Waals surface area contributed by atoms with Gasteiger partial charge in [-0.3, -0.25) is 4.98 Å². The molecule has 0 radical (unpaired) electrons. The molecular formula is C16H12N4OS. The number of fused-ring (bicyclic) bond motifs is 2. The van der Waals surface area contributed by atoms with Crippen LogP contribution < -0.4 is 5.69 Å². The molecular weight excluding hydrogens is 296 g/mol. The predicted octanol–water partition coefficient (Wildman–Crippen LogP) is 3.09. The molecule has 22 heavy (non-hydrogen) atoms. The Morgan fingerprint density at radius 1 is 1.09 bits per heavy atom. The van der Waals surface area contributed by atoms with Crippen LogP contribution in [0.2, 0.25) is 0 Å². The van der Waals surface area contributed by atoms with E-state index in [0.29, 0.717) is 10.7 Å². The van der Waals surface area contributed by atoms with Gasteiger partial charge >= 0.3 is 5.69 Å². The Morgan fingerprint density at radius 2 is 1.95 bits per heavy atom. The molecule has 5 nitrogen and oxygen atoms in total. The summed E-state index contributed by atoms with van der Waals surface area (Å²) in [6.45, 7) is 0. The second-order valence-electron chi connectivity index (χ2n) is 4.94. The smallest absolute Gasteiger partial charge is 0.341 e. The molecule has 0 spiro atoms. The molecule has 0 atom stereocenters. The molecule has 0 aliphatic heterocycles. The summed E-state index contributed by atoms with van der Waals surface area (Å²) in [5.41, 5.74) is 2.13. The third kappa shape index (κ3) is 2.37. The maximum absolute atomic E-state index is 11.6. The number of aromatic nitrogens is 4. The first-order valence-electron chi connectivity index (χ1n) is 6.83. The molecule has 0 unspecified atom stereocenters. The highest BCUT2D eigenvalue weighted by Gasteiger charge is 2.08. The normalized spacial score (nSPS) is 11.3. The molecule has 0 aliphatic carbocycles. The average molecular weight is 308 g/mol. The predicted molar refractivity (Wildman–Crippen MR) is 88.0 cm³/mol. The van der Waals surface area contributed by atoms with Crippen molar-refractivity contribution in [1.29, 1.82) is 0 Å². The van der Waals surface area contributed by atoms with Crippen molar-refractivity contribution in [3.05, 3.63) is 64.8 Å². The molecule has 0 saturated heterocycles. The molecule has 4 aromatic rings. The second kappa shape index (κ2) is 5.31. The van der Waals surface area contributed by atoms with Crippen LogP contribution >= 0.6 is 11.8 Å². The molecule has 2 heterocycles. The minimum absolute atomic E-state index is 0.374. The van der Waals surface area contributed by atoms with Gasteiger partial charge in [-0.2, -0.15) is 4.98 Å². The largest absolute Gasteiger partial charge is 0.347 e. The zero-order chi connectivity index (χ0) is 14.9. The molecule has 0 aliphatic rings. The number of hydrogen-bond donors (Lipinski definition) is 2. The van der Waals surface area contributed by atoms with Crippen molar-refractivity contribution in [2.75, 3.05) is 0 Å². The minimum Gasteiger partial charge on any atom is -0.341 e. The van der Waals surface area contributed by atoms with Crippen molar-refractivity contribution in [3.63, 3.8) is 0 Å². The van der Waals surface area contributed by atoms with Crippen LogP contribution in [0.25, 0.3) is 21.9 Å². The van der Waals surface area contributed by atoms with Gasteiger partial charge in [-0.05, 0) is 16.3 Å². The lowest BCUT2D eigenvalue weighted by Crippen LogP contribution is -2.10. The van der Waals surface area contributed by atoms with Crippen molar-refractivity contribution < 1.29 is 0 Å². The zero-order valence-electron chi connectivity index (χ0n) is 11.5. The highest BCUT2D eigenvalue weighted by molar-refractivity contribution is 7.98. The fourth-order valence-corrected chi connectivity index (χ4v) is 3.34. The highest BCUT2D eigenvalue weighted by atomic mass is 32.2. The first-order chi connectivity index (χ1) is 10.8. The molecule has 0 bridgehead atoms. The van der Waals surface area contributed by atoms with Gasteiger partial charge in [-0.25, -0.2) is 9.78 Å². The third-order valence-corrected chi connectivity index (χ3v) is 4.52. The summed E-state index contributed by atoms with van der Waals surface area (Å²) < 4.78 is 0. The molecule has 2 aromatic heterocycles. The molecule has 0 fully saturated rings. The van der Waals surface area contributed by atoms with Gasteiger partial charge in [0.2, 0.25) is 0 Å². The van der Waals surface area contributed by atoms with Gasteiger partial charge in [-0.15, -0.1) is 0 Å². The van der Waals surface area contributed by atoms with Crippen LogP contribution in [-0.4, -0.2) is 19.9 Å². The number of imidazole rings is 1. The Bertz CT molecular complexity index is 1020. The van der Waals surface area contributed by atoms with Crippen LogP contribution in [0.15, 0.2) is 58.6 Å². The van der Waals surface area contributed by atoms with Crippen LogP contribution in [-0.2, 0) is 5.75 Å². The summed E-state index contributed by atoms with van der Waals surface area (Å²) in [5, 5.41) is 3.11. The summed E-state index contributed by atoms with van der Waals surface area (Å²) in [4.78, 5) is 25.3. The average Bonchev–Trinajstić information content (AvgIpc) is 3.00. The van der Waals surface area contributed by atoms with E-state index in [9.17, 15) is 4.79 Å². The third-order valence-electron chi connectivity index (χ3n) is 3.47. The van der Waals surface area contributed by atoms with Crippen LogP contribution in [0.5, 0.6) is 0 Å². The molecule has 4 rings (SSSR count). The van der Waals surface area contributed by atoms with Crippen molar-refractivity contribution in [1.82, 2.24) is 19.9 Å². The van der Waals surface area contributed by atoms with Gasteiger partial charge in [0.15, 0.2) is 5.65 Å². The standard InChI is InChI=1S/C16H12N4OS/c21-16-19-14-13(17-9-18-14)15(20-16)22-8-10-5-6-11-3-1-2-4-12(11)7-10/h1-7,9H,8H2,(H2,17,18,19,20,21). The van der Waals surface area contributed by atoms with Crippen LogP contribution in [0.3, 0.4) is 0 Å². The summed E-state index contributed by atoms with van der Waals surface area (Å²) in [5.74, 6) is 0.745. The summed E-state index contributed by atoms with van der Waals surface area (Å²) >= 11 is 1.53. The van der Waals surface area contributed by atoms with Gasteiger partial charge in [0, 0.05) is 5.75 Å². The number of aromatic amines is 2. The van der Waals surface area contributed by atoms with E-state index in [1.54, 1.807) is 6.33 Å². The first kappa shape index (κ1) is 13.1. The number of thioether (sulfide) groups is 1. The fraction of sp³-hybridized carbons (Fsp3) is 0.0625. The van der Waals surface area contributed by atoms with E-state index >= 15 is 0 Å². The molecule has 2 N–H and O–H groups in total. The van der Waals surface area contributed by atoms with E-state index in [1.807, 2.05) is 12.1 Å². The highest BCUT2D eigenvalue weighted by Crippen LogP contribution is 2.26. The number of rotatable bonds is 3. The lowest BCUT2D eigenvalue weighted by molar-refractivity contribution is 1.01. The van der Waals surface area contributed by atoms with E-state index in [0.717, 1.165) is 11.3 Å². The second-order valence-corrected chi connectivity index (χ2v) is 5.91. The van der Waals surface area contributed by atoms with Crippen molar-refractivity contribution >= 4 is 33.7 Å². The van der Waals surface area contributed by atoms with Gasteiger partial charge < -0.3 is 4.98 Å². The van der Waals surface area contributed by atoms with Crippen molar-refractivity contribution in [2.45, 2.75) is 10.8 Å². The number of nitrogens with one attached hydrogen (secondary N) is 2. The number of hydrogen-bond acceptors (Lipinski definition) is 4. The van der Waals surface area contributed by atoms with E-state index < -0.39 is 0 Å². The van der Waals surface area contributed by atoms with E-state index in [4.69, 9.17) is 0 Å². The minimum atomic E-state index is -0.374. The Kier molecular flexibility index (Phi) is 3.16. The molecule has 0 amide bonds. The number of benzene rings is 2. The van der Waals surface area contributed by atoms with Crippen molar-refractivity contribution in [3.8, 4) is 0 Å². The van der Waals surface area contributed by atoms with Crippen LogP contribution in [0.1, 0.15) is 5.56 Å². The zero-order valence-corrected chi connectivity index (χ0v) is 12.4. The van der Waals surface area contributed by atoms with Gasteiger partial charge in [-0.1, -0.05) is 54.2 Å². The maximum atomic E-state index is 11.6. The first-order valence-corrected chi connectivity index (χ1v) is 7.82. The lowest BCUT2D eigenvalue weighted by atomic mass is 10.1. The molecule has 2 aromatic carbocycles. The van der Waals surface area contributed by atoms with Gasteiger partial charge in [0.05, 0.1) is 6.33 Å². The Balaban J connectivity index is 1.65.